The number of allylic oxidation sites excluding steroid dienone is 1. The number of hydrogen-bond donors (Lipinski definition) is 0. The minimum absolute atomic E-state index is 0.0914. The van der Waals surface area contributed by atoms with Crippen LogP contribution in [-0.4, -0.2) is 15.3 Å². The first kappa shape index (κ1) is 9.84. The number of nitrogens with zero attached hydrogens (tertiary/aromatic N) is 2. The molecule has 4 heteroatoms. The van der Waals surface area contributed by atoms with Crippen LogP contribution in [0.5, 0.6) is 5.75 Å². The number of fused-ring (bicyclic) bond motifs is 1. The van der Waals surface area contributed by atoms with Crippen LogP contribution in [0.25, 0.3) is 6.08 Å². The van der Waals surface area contributed by atoms with Crippen LogP contribution in [0.2, 0.25) is 0 Å². The number of aryl methyl sites for hydroxylation is 1. The molecule has 0 atom stereocenters. The van der Waals surface area contributed by atoms with E-state index in [1.165, 1.54) is 0 Å². The van der Waals surface area contributed by atoms with E-state index in [1.54, 1.807) is 24.5 Å². The molecule has 2 aromatic rings. The Morgan fingerprint density at radius 3 is 2.88 bits per heavy atom. The third kappa shape index (κ3) is 1.63. The third-order valence-corrected chi connectivity index (χ3v) is 2.58. The fourth-order valence-electron chi connectivity index (χ4n) is 1.78. The monoisotopic (exact) mass is 226 g/mol. The molecule has 1 aromatic carbocycles. The summed E-state index contributed by atoms with van der Waals surface area (Å²) >= 11 is 0. The van der Waals surface area contributed by atoms with Gasteiger partial charge in [0.25, 0.3) is 0 Å². The Morgan fingerprint density at radius 2 is 2.18 bits per heavy atom. The molecule has 0 N–H and O–H groups in total. The van der Waals surface area contributed by atoms with E-state index >= 15 is 0 Å². The number of hydrogen-bond acceptors (Lipinski definition) is 3. The van der Waals surface area contributed by atoms with E-state index < -0.39 is 0 Å². The minimum Gasteiger partial charge on any atom is -0.452 e. The van der Waals surface area contributed by atoms with Crippen molar-refractivity contribution in [2.75, 3.05) is 0 Å². The zero-order valence-electron chi connectivity index (χ0n) is 9.25. The van der Waals surface area contributed by atoms with Crippen molar-refractivity contribution in [3.63, 3.8) is 0 Å². The van der Waals surface area contributed by atoms with Crippen molar-refractivity contribution in [1.29, 1.82) is 0 Å². The fourth-order valence-corrected chi connectivity index (χ4v) is 1.78. The average Bonchev–Trinajstić information content (AvgIpc) is 2.86. The van der Waals surface area contributed by atoms with Crippen molar-refractivity contribution >= 4 is 11.9 Å². The first-order valence-corrected chi connectivity index (χ1v) is 5.25. The van der Waals surface area contributed by atoms with E-state index in [9.17, 15) is 4.79 Å². The van der Waals surface area contributed by atoms with Crippen molar-refractivity contribution in [1.82, 2.24) is 9.55 Å². The second-order valence-corrected chi connectivity index (χ2v) is 3.90. The van der Waals surface area contributed by atoms with Crippen LogP contribution in [0.3, 0.4) is 0 Å². The highest BCUT2D eigenvalue weighted by Crippen LogP contribution is 2.30. The van der Waals surface area contributed by atoms with Gasteiger partial charge in [0, 0.05) is 19.3 Å². The van der Waals surface area contributed by atoms with E-state index in [0.717, 1.165) is 0 Å². The number of Topliss-reactive ketones (excluding diaryl/α,β-unsaturated/α-hetero) is 1. The highest BCUT2D eigenvalue weighted by Gasteiger charge is 2.26. The van der Waals surface area contributed by atoms with Crippen LogP contribution in [0.15, 0.2) is 42.5 Å². The standard InChI is InChI=1S/C13H10N2O2/c1-15-7-9(14-8-15)6-12-13(16)10-4-2-3-5-11(10)17-12/h2-8H,1H3/b12-6-. The van der Waals surface area contributed by atoms with Crippen molar-refractivity contribution < 1.29 is 9.53 Å². The summed E-state index contributed by atoms with van der Waals surface area (Å²) in [5.41, 5.74) is 1.32. The van der Waals surface area contributed by atoms with Gasteiger partial charge in [0.1, 0.15) is 5.75 Å². The van der Waals surface area contributed by atoms with Crippen molar-refractivity contribution in [3.8, 4) is 5.75 Å². The molecule has 3 rings (SSSR count). The van der Waals surface area contributed by atoms with Crippen molar-refractivity contribution in [3.05, 3.63) is 53.8 Å². The molecule has 1 aromatic heterocycles. The molecule has 0 unspecified atom stereocenters. The molecule has 1 aliphatic heterocycles. The maximum Gasteiger partial charge on any atom is 0.232 e. The minimum atomic E-state index is -0.0914. The normalized spacial score (nSPS) is 16.1. The maximum atomic E-state index is 12.0. The number of para-hydroxylation sites is 1. The number of aromatic nitrogens is 2. The molecule has 4 nitrogen and oxygen atoms in total. The first-order chi connectivity index (χ1) is 8.24. The zero-order valence-corrected chi connectivity index (χ0v) is 9.25. The molecule has 1 aliphatic rings. The van der Waals surface area contributed by atoms with E-state index in [-0.39, 0.29) is 5.78 Å². The summed E-state index contributed by atoms with van der Waals surface area (Å²) in [6.07, 6.45) is 5.16. The summed E-state index contributed by atoms with van der Waals surface area (Å²) in [6, 6.07) is 7.21. The second-order valence-electron chi connectivity index (χ2n) is 3.90. The highest BCUT2D eigenvalue weighted by atomic mass is 16.5. The first-order valence-electron chi connectivity index (χ1n) is 5.25. The molecule has 0 amide bonds. The zero-order chi connectivity index (χ0) is 11.8. The number of ether oxygens (including phenoxy) is 1. The van der Waals surface area contributed by atoms with Gasteiger partial charge in [-0.05, 0) is 12.1 Å². The Hall–Kier alpha value is -2.36. The summed E-state index contributed by atoms with van der Waals surface area (Å²) in [6.45, 7) is 0. The molecule has 0 saturated carbocycles. The molecule has 84 valence electrons. The summed E-state index contributed by atoms with van der Waals surface area (Å²) in [5, 5.41) is 0. The lowest BCUT2D eigenvalue weighted by molar-refractivity contribution is 0.101. The average molecular weight is 226 g/mol. The second kappa shape index (κ2) is 3.59. The van der Waals surface area contributed by atoms with Gasteiger partial charge in [0.2, 0.25) is 5.78 Å². The quantitative estimate of drug-likeness (QED) is 0.699. The summed E-state index contributed by atoms with van der Waals surface area (Å²) in [7, 11) is 1.88. The predicted octanol–water partition coefficient (Wildman–Crippen LogP) is 2.04. The molecule has 0 radical (unpaired) electrons. The van der Waals surface area contributed by atoms with Gasteiger partial charge in [0.15, 0.2) is 5.76 Å². The Morgan fingerprint density at radius 1 is 1.35 bits per heavy atom. The Labute approximate surface area is 98.2 Å². The molecule has 17 heavy (non-hydrogen) atoms. The topological polar surface area (TPSA) is 44.1 Å². The third-order valence-electron chi connectivity index (χ3n) is 2.58. The van der Waals surface area contributed by atoms with Crippen LogP contribution in [0.4, 0.5) is 0 Å². The SMILES string of the molecule is Cn1cnc(/C=C2\Oc3ccccc3C2=O)c1. The van der Waals surface area contributed by atoms with Gasteiger partial charge in [-0.1, -0.05) is 12.1 Å². The van der Waals surface area contributed by atoms with Gasteiger partial charge in [-0.15, -0.1) is 0 Å². The van der Waals surface area contributed by atoms with Crippen LogP contribution >= 0.6 is 0 Å². The number of benzene rings is 1. The highest BCUT2D eigenvalue weighted by molar-refractivity contribution is 6.14. The largest absolute Gasteiger partial charge is 0.452 e. The molecular weight excluding hydrogens is 216 g/mol. The number of carbonyl (C=O) groups excluding carboxylic acids is 1. The van der Waals surface area contributed by atoms with Crippen LogP contribution in [0.1, 0.15) is 16.1 Å². The van der Waals surface area contributed by atoms with Gasteiger partial charge in [-0.2, -0.15) is 0 Å². The number of carbonyl (C=O) groups is 1. The molecule has 0 aliphatic carbocycles. The number of ketones is 1. The maximum absolute atomic E-state index is 12.0. The van der Waals surface area contributed by atoms with Crippen LogP contribution in [0, 0.1) is 0 Å². The smallest absolute Gasteiger partial charge is 0.232 e. The van der Waals surface area contributed by atoms with Gasteiger partial charge in [-0.3, -0.25) is 4.79 Å². The Kier molecular flexibility index (Phi) is 2.08. The summed E-state index contributed by atoms with van der Waals surface area (Å²) < 4.78 is 7.31. The summed E-state index contributed by atoms with van der Waals surface area (Å²) in [5.74, 6) is 0.843. The van der Waals surface area contributed by atoms with Gasteiger partial charge < -0.3 is 9.30 Å². The van der Waals surface area contributed by atoms with Crippen molar-refractivity contribution in [2.24, 2.45) is 7.05 Å². The number of rotatable bonds is 1. The van der Waals surface area contributed by atoms with Crippen molar-refractivity contribution in [2.45, 2.75) is 0 Å². The fraction of sp³-hybridized carbons (Fsp3) is 0.0769. The molecular formula is C13H10N2O2. The lowest BCUT2D eigenvalue weighted by Gasteiger charge is -1.95. The Balaban J connectivity index is 1.99. The van der Waals surface area contributed by atoms with Gasteiger partial charge in [-0.25, -0.2) is 4.98 Å². The molecule has 0 saturated heterocycles. The van der Waals surface area contributed by atoms with E-state index in [2.05, 4.69) is 4.98 Å². The molecule has 2 heterocycles. The Bertz CT molecular complexity index is 626. The van der Waals surface area contributed by atoms with Crippen LogP contribution < -0.4 is 4.74 Å². The molecule has 0 spiro atoms. The van der Waals surface area contributed by atoms with Crippen LogP contribution in [-0.2, 0) is 7.05 Å². The number of imidazole rings is 1. The lowest BCUT2D eigenvalue weighted by atomic mass is 10.1. The van der Waals surface area contributed by atoms with E-state index in [0.29, 0.717) is 22.8 Å². The van der Waals surface area contributed by atoms with E-state index in [4.69, 9.17) is 4.74 Å². The molecule has 0 fully saturated rings. The van der Waals surface area contributed by atoms with Gasteiger partial charge in [0.05, 0.1) is 17.6 Å². The van der Waals surface area contributed by atoms with E-state index in [1.807, 2.05) is 29.9 Å². The summed E-state index contributed by atoms with van der Waals surface area (Å²) in [4.78, 5) is 16.1. The lowest BCUT2D eigenvalue weighted by Crippen LogP contribution is -1.98. The molecule has 0 bridgehead atoms. The van der Waals surface area contributed by atoms with Gasteiger partial charge >= 0.3 is 0 Å². The predicted molar refractivity (Wildman–Crippen MR) is 62.6 cm³/mol.